The molecule has 1 aliphatic rings. The number of carbonyl (C=O) groups excluding carboxylic acids is 1. The number of amides is 1. The normalized spacial score (nSPS) is 16.0. The number of aryl methyl sites for hydroxylation is 1. The molecular formula is C13H22N4O3S. The molecule has 1 aromatic heterocycles. The zero-order valence-corrected chi connectivity index (χ0v) is 13.5. The van der Waals surface area contributed by atoms with Gasteiger partial charge in [0, 0.05) is 13.0 Å². The Bertz CT molecular complexity index is 621. The molecule has 1 unspecified atom stereocenters. The number of nitrogens with zero attached hydrogens (tertiary/aromatic N) is 3. The molecule has 0 saturated heterocycles. The Hall–Kier alpha value is -1.44. The van der Waals surface area contributed by atoms with Crippen LogP contribution in [0.1, 0.15) is 44.9 Å². The van der Waals surface area contributed by atoms with E-state index in [9.17, 15) is 13.2 Å². The van der Waals surface area contributed by atoms with Crippen molar-refractivity contribution in [2.45, 2.75) is 46.2 Å². The highest BCUT2D eigenvalue weighted by atomic mass is 32.2. The van der Waals surface area contributed by atoms with Crippen molar-refractivity contribution in [3.63, 3.8) is 0 Å². The molecule has 0 fully saturated rings. The molecule has 1 aromatic rings. The maximum atomic E-state index is 11.9. The molecule has 1 atom stereocenters. The van der Waals surface area contributed by atoms with Gasteiger partial charge in [-0.15, -0.1) is 10.2 Å². The predicted molar refractivity (Wildman–Crippen MR) is 78.4 cm³/mol. The summed E-state index contributed by atoms with van der Waals surface area (Å²) in [5.41, 5.74) is 0. The number of fused-ring (bicyclic) bond motifs is 1. The van der Waals surface area contributed by atoms with E-state index in [0.717, 1.165) is 25.2 Å². The number of carbonyl (C=O) groups is 1. The van der Waals surface area contributed by atoms with E-state index in [2.05, 4.69) is 15.5 Å². The first-order valence-corrected chi connectivity index (χ1v) is 9.02. The van der Waals surface area contributed by atoms with Crippen molar-refractivity contribution in [1.29, 1.82) is 0 Å². The van der Waals surface area contributed by atoms with Crippen molar-refractivity contribution in [3.8, 4) is 0 Å². The van der Waals surface area contributed by atoms with Crippen LogP contribution < -0.4 is 5.32 Å². The van der Waals surface area contributed by atoms with Crippen LogP contribution in [-0.4, -0.2) is 40.6 Å². The van der Waals surface area contributed by atoms with Crippen molar-refractivity contribution >= 4 is 15.7 Å². The van der Waals surface area contributed by atoms with Gasteiger partial charge >= 0.3 is 0 Å². The fourth-order valence-electron chi connectivity index (χ4n) is 2.61. The van der Waals surface area contributed by atoms with E-state index < -0.39 is 21.5 Å². The van der Waals surface area contributed by atoms with E-state index in [1.807, 2.05) is 18.4 Å². The summed E-state index contributed by atoms with van der Waals surface area (Å²) in [5.74, 6) is 0.695. The maximum Gasteiger partial charge on any atom is 0.235 e. The molecule has 0 bridgehead atoms. The summed E-state index contributed by atoms with van der Waals surface area (Å²) in [7, 11) is -3.36. The third-order valence-corrected chi connectivity index (χ3v) is 5.22. The lowest BCUT2D eigenvalue weighted by atomic mass is 10.3. The zero-order valence-electron chi connectivity index (χ0n) is 12.7. The minimum atomic E-state index is -3.36. The summed E-state index contributed by atoms with van der Waals surface area (Å²) in [6.07, 6.45) is 1.93. The fourth-order valence-corrected chi connectivity index (χ4v) is 4.22. The van der Waals surface area contributed by atoms with Gasteiger partial charge in [-0.1, -0.05) is 13.8 Å². The van der Waals surface area contributed by atoms with Crippen LogP contribution in [0.15, 0.2) is 0 Å². The molecule has 8 heteroatoms. The number of rotatable bonds is 6. The Morgan fingerprint density at radius 2 is 2.05 bits per heavy atom. The molecule has 2 heterocycles. The SMILES string of the molecule is CC(C)CS(=O)(=O)CC(=O)NC(C)c1nnc2n1CCC2. The van der Waals surface area contributed by atoms with Crippen molar-refractivity contribution < 1.29 is 13.2 Å². The molecule has 118 valence electrons. The number of nitrogens with one attached hydrogen (secondary N) is 1. The lowest BCUT2D eigenvalue weighted by Crippen LogP contribution is -2.34. The molecule has 1 N–H and O–H groups in total. The van der Waals surface area contributed by atoms with Gasteiger partial charge in [-0.05, 0) is 19.3 Å². The molecule has 2 rings (SSSR count). The first-order valence-electron chi connectivity index (χ1n) is 7.20. The van der Waals surface area contributed by atoms with E-state index in [-0.39, 0.29) is 17.7 Å². The Kier molecular flexibility index (Phi) is 4.65. The van der Waals surface area contributed by atoms with Gasteiger partial charge in [0.1, 0.15) is 11.6 Å². The Morgan fingerprint density at radius 3 is 2.71 bits per heavy atom. The lowest BCUT2D eigenvalue weighted by Gasteiger charge is -2.14. The van der Waals surface area contributed by atoms with Crippen molar-refractivity contribution in [2.24, 2.45) is 5.92 Å². The summed E-state index contributed by atoms with van der Waals surface area (Å²) in [6, 6.07) is -0.342. The Labute approximate surface area is 125 Å². The van der Waals surface area contributed by atoms with Crippen LogP contribution in [0.3, 0.4) is 0 Å². The Morgan fingerprint density at radius 1 is 1.33 bits per heavy atom. The fraction of sp³-hybridized carbons (Fsp3) is 0.769. The quantitative estimate of drug-likeness (QED) is 0.824. The summed E-state index contributed by atoms with van der Waals surface area (Å²) in [4.78, 5) is 11.9. The predicted octanol–water partition coefficient (Wildman–Crippen LogP) is 0.472. The van der Waals surface area contributed by atoms with Gasteiger partial charge in [0.05, 0.1) is 11.8 Å². The number of hydrogen-bond donors (Lipinski definition) is 1. The molecule has 1 aliphatic heterocycles. The second-order valence-electron chi connectivity index (χ2n) is 5.97. The number of sulfone groups is 1. The minimum Gasteiger partial charge on any atom is -0.345 e. The van der Waals surface area contributed by atoms with E-state index in [4.69, 9.17) is 0 Å². The van der Waals surface area contributed by atoms with Crippen LogP contribution in [0.25, 0.3) is 0 Å². The summed E-state index contributed by atoms with van der Waals surface area (Å²) < 4.78 is 25.6. The smallest absolute Gasteiger partial charge is 0.235 e. The van der Waals surface area contributed by atoms with Gasteiger partial charge in [0.25, 0.3) is 0 Å². The molecule has 0 aromatic carbocycles. The van der Waals surface area contributed by atoms with Gasteiger partial charge in [0.15, 0.2) is 15.7 Å². The van der Waals surface area contributed by atoms with E-state index in [1.54, 1.807) is 6.92 Å². The van der Waals surface area contributed by atoms with Crippen molar-refractivity contribution in [1.82, 2.24) is 20.1 Å². The topological polar surface area (TPSA) is 93.9 Å². The zero-order chi connectivity index (χ0) is 15.6. The average molecular weight is 314 g/mol. The molecule has 7 nitrogen and oxygen atoms in total. The monoisotopic (exact) mass is 314 g/mol. The van der Waals surface area contributed by atoms with Gasteiger partial charge in [-0.3, -0.25) is 4.79 Å². The van der Waals surface area contributed by atoms with Crippen LogP contribution >= 0.6 is 0 Å². The summed E-state index contributed by atoms with van der Waals surface area (Å²) in [6.45, 7) is 6.28. The second-order valence-corrected chi connectivity index (χ2v) is 8.08. The van der Waals surface area contributed by atoms with Gasteiger partial charge in [-0.25, -0.2) is 8.42 Å². The van der Waals surface area contributed by atoms with E-state index in [1.165, 1.54) is 0 Å². The van der Waals surface area contributed by atoms with Crippen molar-refractivity contribution in [3.05, 3.63) is 11.6 Å². The first kappa shape index (κ1) is 15.9. The van der Waals surface area contributed by atoms with Crippen molar-refractivity contribution in [2.75, 3.05) is 11.5 Å². The number of aromatic nitrogens is 3. The van der Waals surface area contributed by atoms with Crippen LogP contribution in [0, 0.1) is 5.92 Å². The van der Waals surface area contributed by atoms with Gasteiger partial charge < -0.3 is 9.88 Å². The summed E-state index contributed by atoms with van der Waals surface area (Å²) in [5, 5.41) is 10.9. The molecule has 0 aliphatic carbocycles. The second kappa shape index (κ2) is 6.13. The van der Waals surface area contributed by atoms with E-state index >= 15 is 0 Å². The van der Waals surface area contributed by atoms with Crippen LogP contribution in [-0.2, 0) is 27.6 Å². The highest BCUT2D eigenvalue weighted by molar-refractivity contribution is 7.92. The van der Waals surface area contributed by atoms with Crippen LogP contribution in [0.2, 0.25) is 0 Å². The average Bonchev–Trinajstić information content (AvgIpc) is 2.85. The largest absolute Gasteiger partial charge is 0.345 e. The maximum absolute atomic E-state index is 11.9. The first-order chi connectivity index (χ1) is 9.78. The Balaban J connectivity index is 1.96. The highest BCUT2D eigenvalue weighted by Crippen LogP contribution is 2.18. The number of hydrogen-bond acceptors (Lipinski definition) is 5. The highest BCUT2D eigenvalue weighted by Gasteiger charge is 2.24. The van der Waals surface area contributed by atoms with Gasteiger partial charge in [0.2, 0.25) is 5.91 Å². The molecule has 0 radical (unpaired) electrons. The molecule has 21 heavy (non-hydrogen) atoms. The van der Waals surface area contributed by atoms with Crippen LogP contribution in [0.4, 0.5) is 0 Å². The molecule has 1 amide bonds. The molecule has 0 saturated carbocycles. The third-order valence-electron chi connectivity index (χ3n) is 3.34. The molecular weight excluding hydrogens is 292 g/mol. The standard InChI is InChI=1S/C13H22N4O3S/c1-9(2)7-21(19,20)8-12(18)14-10(3)13-16-15-11-5-4-6-17(11)13/h9-10H,4-8H2,1-3H3,(H,14,18). The van der Waals surface area contributed by atoms with Crippen LogP contribution in [0.5, 0.6) is 0 Å². The molecule has 0 spiro atoms. The van der Waals surface area contributed by atoms with E-state index in [0.29, 0.717) is 5.82 Å². The lowest BCUT2D eigenvalue weighted by molar-refractivity contribution is -0.119. The summed E-state index contributed by atoms with van der Waals surface area (Å²) >= 11 is 0. The minimum absolute atomic E-state index is 0.0139. The third kappa shape index (κ3) is 4.03. The van der Waals surface area contributed by atoms with Gasteiger partial charge in [-0.2, -0.15) is 0 Å².